The Balaban J connectivity index is 1.45. The first-order valence-corrected chi connectivity index (χ1v) is 10.8. The molecule has 2 aliphatic rings. The number of nitrogens with zero attached hydrogens (tertiary/aromatic N) is 4. The quantitative estimate of drug-likeness (QED) is 0.371. The van der Waals surface area contributed by atoms with Crippen LogP contribution in [0.4, 0.5) is 5.82 Å². The Kier molecular flexibility index (Phi) is 4.67. The summed E-state index contributed by atoms with van der Waals surface area (Å²) in [6.45, 7) is 0.586. The summed E-state index contributed by atoms with van der Waals surface area (Å²) in [4.78, 5) is 25.5. The molecule has 0 bridgehead atoms. The van der Waals surface area contributed by atoms with Crippen molar-refractivity contribution in [2.75, 3.05) is 12.4 Å². The van der Waals surface area contributed by atoms with Crippen LogP contribution in [0.5, 0.6) is 0 Å². The summed E-state index contributed by atoms with van der Waals surface area (Å²) < 4.78 is 2.92. The number of aromatic nitrogens is 4. The number of imidazole rings is 1. The zero-order valence-electron chi connectivity index (χ0n) is 16.2. The van der Waals surface area contributed by atoms with Gasteiger partial charge in [0.15, 0.2) is 11.5 Å². The van der Waals surface area contributed by atoms with Crippen LogP contribution in [0.1, 0.15) is 18.0 Å². The molecule has 0 unspecified atom stereocenters. The fourth-order valence-electron chi connectivity index (χ4n) is 4.82. The second-order valence-electron chi connectivity index (χ2n) is 7.89. The van der Waals surface area contributed by atoms with Crippen molar-refractivity contribution in [3.05, 3.63) is 46.1 Å². The van der Waals surface area contributed by atoms with Gasteiger partial charge in [0.2, 0.25) is 5.91 Å². The molecule has 5 rings (SSSR count). The maximum Gasteiger partial charge on any atom is 0.229 e. The third-order valence-electron chi connectivity index (χ3n) is 6.35. The van der Waals surface area contributed by atoms with Gasteiger partial charge in [-0.15, -0.1) is 0 Å². The van der Waals surface area contributed by atoms with E-state index in [1.807, 2.05) is 18.2 Å². The van der Waals surface area contributed by atoms with Crippen molar-refractivity contribution in [3.63, 3.8) is 0 Å². The SMILES string of the molecule is CNC(=O)[C@@]12C[C@@H]1[C@@H](n1cnc3c(NCc4cccc(I)c4)ncnc31)[C@H](O)[C@@H]2O. The fraction of sp³-hybridized carbons (Fsp3) is 0.400. The van der Waals surface area contributed by atoms with Gasteiger partial charge in [-0.1, -0.05) is 12.1 Å². The molecule has 5 atom stereocenters. The van der Waals surface area contributed by atoms with Crippen molar-refractivity contribution >= 4 is 45.5 Å². The zero-order valence-corrected chi connectivity index (χ0v) is 18.3. The predicted molar refractivity (Wildman–Crippen MR) is 117 cm³/mol. The Morgan fingerprint density at radius 1 is 1.33 bits per heavy atom. The summed E-state index contributed by atoms with van der Waals surface area (Å²) in [6.07, 6.45) is 1.39. The van der Waals surface area contributed by atoms with Crippen LogP contribution in [0.25, 0.3) is 11.2 Å². The molecule has 0 radical (unpaired) electrons. The topological polar surface area (TPSA) is 125 Å². The number of carbonyl (C=O) groups excluding carboxylic acids is 1. The van der Waals surface area contributed by atoms with Gasteiger partial charge in [-0.3, -0.25) is 4.79 Å². The van der Waals surface area contributed by atoms with E-state index in [2.05, 4.69) is 54.2 Å². The maximum absolute atomic E-state index is 12.4. The zero-order chi connectivity index (χ0) is 21.0. The molecule has 1 amide bonds. The molecule has 9 nitrogen and oxygen atoms in total. The van der Waals surface area contributed by atoms with Gasteiger partial charge in [0.1, 0.15) is 17.9 Å². The Morgan fingerprint density at radius 2 is 2.17 bits per heavy atom. The summed E-state index contributed by atoms with van der Waals surface area (Å²) in [5.74, 6) is 0.192. The molecule has 2 aromatic heterocycles. The van der Waals surface area contributed by atoms with Crippen molar-refractivity contribution in [2.45, 2.75) is 31.2 Å². The van der Waals surface area contributed by atoms with E-state index in [9.17, 15) is 15.0 Å². The molecule has 30 heavy (non-hydrogen) atoms. The van der Waals surface area contributed by atoms with E-state index >= 15 is 0 Å². The molecule has 156 valence electrons. The first-order chi connectivity index (χ1) is 14.5. The van der Waals surface area contributed by atoms with Gasteiger partial charge >= 0.3 is 0 Å². The number of carbonyl (C=O) groups is 1. The van der Waals surface area contributed by atoms with E-state index < -0.39 is 23.7 Å². The molecule has 2 aliphatic carbocycles. The number of hydrogen-bond donors (Lipinski definition) is 4. The fourth-order valence-corrected chi connectivity index (χ4v) is 5.43. The van der Waals surface area contributed by atoms with Gasteiger partial charge in [-0.2, -0.15) is 0 Å². The number of halogens is 1. The number of benzene rings is 1. The lowest BCUT2D eigenvalue weighted by Crippen LogP contribution is -2.41. The number of nitrogens with one attached hydrogen (secondary N) is 2. The highest BCUT2D eigenvalue weighted by Gasteiger charge is 2.75. The van der Waals surface area contributed by atoms with Gasteiger partial charge in [-0.25, -0.2) is 15.0 Å². The molecule has 0 saturated heterocycles. The summed E-state index contributed by atoms with van der Waals surface area (Å²) in [5.41, 5.74) is 1.33. The highest BCUT2D eigenvalue weighted by Crippen LogP contribution is 2.67. The molecular formula is C20H21IN6O3. The highest BCUT2D eigenvalue weighted by molar-refractivity contribution is 14.1. The average molecular weight is 520 g/mol. The number of fused-ring (bicyclic) bond motifs is 2. The Morgan fingerprint density at radius 3 is 2.93 bits per heavy atom. The lowest BCUT2D eigenvalue weighted by atomic mass is 9.98. The number of aliphatic hydroxyl groups is 2. The van der Waals surface area contributed by atoms with Crippen molar-refractivity contribution in [2.24, 2.45) is 11.3 Å². The standard InChI is InChI=1S/C20H21IN6O3/c1-22-19(30)20-6-12(20)14(15(28)16(20)29)27-9-26-13-17(24-8-25-18(13)27)23-7-10-3-2-4-11(21)5-10/h2-5,8-9,12,14-16,28-29H,6-7H2,1H3,(H,22,30)(H,23,24,25)/t12-,14-,15+,16+,20+/m1/s1. The first kappa shape index (κ1) is 19.6. The van der Waals surface area contributed by atoms with Crippen molar-refractivity contribution in [1.82, 2.24) is 24.8 Å². The summed E-state index contributed by atoms with van der Waals surface area (Å²) >= 11 is 2.27. The van der Waals surface area contributed by atoms with Gasteiger partial charge < -0.3 is 25.4 Å². The number of rotatable bonds is 5. The number of hydrogen-bond acceptors (Lipinski definition) is 7. The Labute approximate surface area is 186 Å². The highest BCUT2D eigenvalue weighted by atomic mass is 127. The summed E-state index contributed by atoms with van der Waals surface area (Å²) in [6, 6.07) is 7.69. The molecule has 3 aromatic rings. The van der Waals surface area contributed by atoms with Crippen molar-refractivity contribution < 1.29 is 15.0 Å². The van der Waals surface area contributed by atoms with E-state index in [4.69, 9.17) is 0 Å². The minimum absolute atomic E-state index is 0.169. The van der Waals surface area contributed by atoms with Crippen LogP contribution in [0.15, 0.2) is 36.9 Å². The molecule has 4 N–H and O–H groups in total. The summed E-state index contributed by atoms with van der Waals surface area (Å²) in [7, 11) is 1.55. The molecule has 2 saturated carbocycles. The molecule has 1 aromatic carbocycles. The minimum Gasteiger partial charge on any atom is -0.389 e. The van der Waals surface area contributed by atoms with Gasteiger partial charge in [-0.05, 0) is 46.7 Å². The van der Waals surface area contributed by atoms with Crippen LogP contribution in [0, 0.1) is 14.9 Å². The molecule has 10 heteroatoms. The molecule has 0 aliphatic heterocycles. The smallest absolute Gasteiger partial charge is 0.229 e. The van der Waals surface area contributed by atoms with Crippen LogP contribution in [0.3, 0.4) is 0 Å². The minimum atomic E-state index is -1.12. The van der Waals surface area contributed by atoms with E-state index in [-0.39, 0.29) is 11.8 Å². The maximum atomic E-state index is 12.4. The third kappa shape index (κ3) is 2.81. The van der Waals surface area contributed by atoms with E-state index in [1.54, 1.807) is 17.9 Å². The molecule has 2 heterocycles. The second kappa shape index (κ2) is 7.13. The third-order valence-corrected chi connectivity index (χ3v) is 7.02. The van der Waals surface area contributed by atoms with Crippen LogP contribution in [-0.2, 0) is 11.3 Å². The van der Waals surface area contributed by atoms with Crippen LogP contribution in [0.2, 0.25) is 0 Å². The van der Waals surface area contributed by atoms with Gasteiger partial charge in [0, 0.05) is 23.1 Å². The number of anilines is 1. The van der Waals surface area contributed by atoms with Crippen LogP contribution < -0.4 is 10.6 Å². The second-order valence-corrected chi connectivity index (χ2v) is 9.13. The van der Waals surface area contributed by atoms with Gasteiger partial charge in [0.05, 0.1) is 23.9 Å². The lowest BCUT2D eigenvalue weighted by Gasteiger charge is -2.23. The van der Waals surface area contributed by atoms with E-state index in [0.717, 1.165) is 9.13 Å². The molecule has 0 spiro atoms. The van der Waals surface area contributed by atoms with Crippen molar-refractivity contribution in [3.8, 4) is 0 Å². The van der Waals surface area contributed by atoms with E-state index in [1.165, 1.54) is 6.33 Å². The monoisotopic (exact) mass is 520 g/mol. The lowest BCUT2D eigenvalue weighted by molar-refractivity contribution is -0.132. The number of amides is 1. The molecular weight excluding hydrogens is 499 g/mol. The molecule has 2 fully saturated rings. The first-order valence-electron chi connectivity index (χ1n) is 9.71. The average Bonchev–Trinajstić information content (AvgIpc) is 3.28. The Bertz CT molecular complexity index is 1140. The largest absolute Gasteiger partial charge is 0.389 e. The van der Waals surface area contributed by atoms with Gasteiger partial charge in [0.25, 0.3) is 0 Å². The summed E-state index contributed by atoms with van der Waals surface area (Å²) in [5, 5.41) is 27.2. The van der Waals surface area contributed by atoms with Crippen molar-refractivity contribution in [1.29, 1.82) is 0 Å². The normalized spacial score (nSPS) is 29.6. The van der Waals surface area contributed by atoms with Crippen LogP contribution >= 0.6 is 22.6 Å². The Hall–Kier alpha value is -2.31. The van der Waals surface area contributed by atoms with Crippen LogP contribution in [-0.4, -0.2) is 54.9 Å². The number of aliphatic hydroxyl groups excluding tert-OH is 2. The predicted octanol–water partition coefficient (Wildman–Crippen LogP) is 1.07. The van der Waals surface area contributed by atoms with E-state index in [0.29, 0.717) is 29.9 Å².